The number of anilines is 1. The van der Waals surface area contributed by atoms with Gasteiger partial charge in [-0.05, 0) is 54.1 Å². The molecule has 0 fully saturated rings. The van der Waals surface area contributed by atoms with E-state index < -0.39 is 5.56 Å². The lowest BCUT2D eigenvalue weighted by molar-refractivity contribution is 0.228. The number of methoxy groups -OCH3 is 1. The third-order valence-electron chi connectivity index (χ3n) is 3.34. The summed E-state index contributed by atoms with van der Waals surface area (Å²) in [7, 11) is 1.49. The number of halogens is 1. The first-order valence-corrected chi connectivity index (χ1v) is 8.32. The molecule has 2 rings (SSSR count). The summed E-state index contributed by atoms with van der Waals surface area (Å²) in [5, 5.41) is 18.8. The van der Waals surface area contributed by atoms with Gasteiger partial charge in [-0.3, -0.25) is 4.79 Å². The first-order chi connectivity index (χ1) is 11.8. The number of aromatic nitrogens is 1. The highest BCUT2D eigenvalue weighted by Crippen LogP contribution is 2.39. The fraction of sp³-hybridized carbons (Fsp3) is 0.235. The van der Waals surface area contributed by atoms with Gasteiger partial charge in [-0.15, -0.1) is 0 Å². The summed E-state index contributed by atoms with van der Waals surface area (Å²) < 4.78 is 11.9. The lowest BCUT2D eigenvalue weighted by Crippen LogP contribution is -2.16. The fourth-order valence-corrected chi connectivity index (χ4v) is 3.07. The molecule has 0 unspecified atom stereocenters. The Morgan fingerprint density at radius 2 is 1.88 bits per heavy atom. The zero-order chi connectivity index (χ0) is 18.7. The van der Waals surface area contributed by atoms with Crippen LogP contribution in [0.15, 0.2) is 16.9 Å². The number of ether oxygens (including phenoxy) is 2. The maximum absolute atomic E-state index is 12.1. The number of benzene rings is 1. The molecule has 1 aromatic carbocycles. The molecule has 0 atom stereocenters. The van der Waals surface area contributed by atoms with Gasteiger partial charge >= 0.3 is 0 Å². The van der Waals surface area contributed by atoms with Crippen molar-refractivity contribution in [3.63, 3.8) is 0 Å². The molecule has 0 aliphatic carbocycles. The lowest BCUT2D eigenvalue weighted by Gasteiger charge is -2.17. The molecule has 0 aliphatic heterocycles. The molecule has 0 spiro atoms. The molecule has 25 heavy (non-hydrogen) atoms. The average Bonchev–Trinajstić information content (AvgIpc) is 2.55. The second kappa shape index (κ2) is 7.45. The Morgan fingerprint density at radius 3 is 2.40 bits per heavy atom. The van der Waals surface area contributed by atoms with Gasteiger partial charge in [0.1, 0.15) is 29.1 Å². The van der Waals surface area contributed by atoms with Gasteiger partial charge in [0.05, 0.1) is 16.8 Å². The topological polar surface area (TPSA) is 125 Å². The summed E-state index contributed by atoms with van der Waals surface area (Å²) in [5.41, 5.74) is 5.61. The number of nitrogens with zero attached hydrogens (tertiary/aromatic N) is 2. The van der Waals surface area contributed by atoms with E-state index in [-0.39, 0.29) is 28.6 Å². The van der Waals surface area contributed by atoms with Crippen molar-refractivity contribution in [3.05, 3.63) is 37.2 Å². The number of nitriles is 2. The number of nitrogens with two attached hydrogens (primary N) is 1. The highest BCUT2D eigenvalue weighted by Gasteiger charge is 2.21. The molecule has 128 valence electrons. The van der Waals surface area contributed by atoms with E-state index in [1.54, 1.807) is 12.1 Å². The van der Waals surface area contributed by atoms with Crippen molar-refractivity contribution < 1.29 is 9.47 Å². The van der Waals surface area contributed by atoms with Crippen LogP contribution < -0.4 is 20.8 Å². The molecular formula is C17H15IN4O3. The second-order valence-electron chi connectivity index (χ2n) is 5.37. The minimum absolute atomic E-state index is 0.0338. The van der Waals surface area contributed by atoms with Gasteiger partial charge in [0, 0.05) is 5.56 Å². The molecule has 0 saturated carbocycles. The Hall–Kier alpha value is -2.72. The highest BCUT2D eigenvalue weighted by atomic mass is 127. The summed E-state index contributed by atoms with van der Waals surface area (Å²) in [6, 6.07) is 7.13. The Kier molecular flexibility index (Phi) is 5.55. The molecule has 0 aliphatic rings. The monoisotopic (exact) mass is 450 g/mol. The van der Waals surface area contributed by atoms with Crippen molar-refractivity contribution >= 4 is 28.4 Å². The number of rotatable bonds is 4. The first kappa shape index (κ1) is 18.6. The van der Waals surface area contributed by atoms with E-state index in [1.165, 1.54) is 7.11 Å². The molecule has 0 radical (unpaired) electrons. The number of nitrogen functional groups attached to an aromatic ring is 1. The summed E-state index contributed by atoms with van der Waals surface area (Å²) in [6.07, 6.45) is -0.0622. The van der Waals surface area contributed by atoms with Gasteiger partial charge in [-0.1, -0.05) is 0 Å². The smallest absolute Gasteiger partial charge is 0.268 e. The zero-order valence-electron chi connectivity index (χ0n) is 13.8. The van der Waals surface area contributed by atoms with Gasteiger partial charge in [0.25, 0.3) is 5.56 Å². The highest BCUT2D eigenvalue weighted by molar-refractivity contribution is 14.1. The van der Waals surface area contributed by atoms with Crippen molar-refractivity contribution in [1.29, 1.82) is 10.5 Å². The van der Waals surface area contributed by atoms with E-state index in [9.17, 15) is 15.3 Å². The Morgan fingerprint density at radius 1 is 1.24 bits per heavy atom. The predicted octanol–water partition coefficient (Wildman–Crippen LogP) is 2.77. The number of hydrogen-bond acceptors (Lipinski definition) is 6. The zero-order valence-corrected chi connectivity index (χ0v) is 16.0. The third-order valence-corrected chi connectivity index (χ3v) is 4.14. The molecule has 0 saturated heterocycles. The van der Waals surface area contributed by atoms with Gasteiger partial charge in [-0.2, -0.15) is 10.5 Å². The van der Waals surface area contributed by atoms with Crippen molar-refractivity contribution in [1.82, 2.24) is 4.98 Å². The van der Waals surface area contributed by atoms with Crippen molar-refractivity contribution in [2.45, 2.75) is 20.0 Å². The summed E-state index contributed by atoms with van der Waals surface area (Å²) in [4.78, 5) is 14.4. The lowest BCUT2D eigenvalue weighted by atomic mass is 9.96. The van der Waals surface area contributed by atoms with E-state index in [1.807, 2.05) is 26.0 Å². The molecule has 1 heterocycles. The molecule has 8 heteroatoms. The van der Waals surface area contributed by atoms with Crippen LogP contribution in [-0.4, -0.2) is 18.2 Å². The van der Waals surface area contributed by atoms with E-state index in [0.717, 1.165) is 0 Å². The standard InChI is InChI=1S/C17H15IN4O3/c1-8(2)25-15-12(18)4-9(5-13(15)24-3)14-10(6-19)16(21)22-17(23)11(14)7-20/h4-5,8H,1-3H3,(H3,21,22,23). The summed E-state index contributed by atoms with van der Waals surface area (Å²) >= 11 is 2.07. The van der Waals surface area contributed by atoms with Crippen LogP contribution in [0.3, 0.4) is 0 Å². The van der Waals surface area contributed by atoms with Gasteiger partial charge in [-0.25, -0.2) is 0 Å². The Balaban J connectivity index is 2.85. The first-order valence-electron chi connectivity index (χ1n) is 7.24. The molecule has 0 bridgehead atoms. The van der Waals surface area contributed by atoms with E-state index >= 15 is 0 Å². The molecular weight excluding hydrogens is 435 g/mol. The van der Waals surface area contributed by atoms with E-state index in [4.69, 9.17) is 15.2 Å². The Labute approximate surface area is 158 Å². The molecule has 0 amide bonds. The quantitative estimate of drug-likeness (QED) is 0.691. The normalized spacial score (nSPS) is 10.2. The van der Waals surface area contributed by atoms with Gasteiger partial charge in [0.15, 0.2) is 11.5 Å². The van der Waals surface area contributed by atoms with Gasteiger partial charge < -0.3 is 20.2 Å². The number of nitrogens with one attached hydrogen (secondary N) is 1. The minimum atomic E-state index is -0.648. The SMILES string of the molecule is COc1cc(-c2c(C#N)c(N)[nH]c(=O)c2C#N)cc(I)c1OC(C)C. The third kappa shape index (κ3) is 3.54. The van der Waals surface area contributed by atoms with Crippen molar-refractivity contribution in [2.24, 2.45) is 0 Å². The molecule has 2 aromatic rings. The van der Waals surface area contributed by atoms with Crippen molar-refractivity contribution in [3.8, 4) is 34.8 Å². The number of aromatic amines is 1. The average molecular weight is 450 g/mol. The Bertz CT molecular complexity index is 968. The van der Waals surface area contributed by atoms with Crippen LogP contribution in [0.25, 0.3) is 11.1 Å². The van der Waals surface area contributed by atoms with Crippen LogP contribution in [0.2, 0.25) is 0 Å². The predicted molar refractivity (Wildman–Crippen MR) is 101 cm³/mol. The fourth-order valence-electron chi connectivity index (χ4n) is 2.35. The van der Waals surface area contributed by atoms with E-state index in [0.29, 0.717) is 20.6 Å². The van der Waals surface area contributed by atoms with Gasteiger partial charge in [0.2, 0.25) is 0 Å². The van der Waals surface area contributed by atoms with Crippen LogP contribution >= 0.6 is 22.6 Å². The molecule has 1 aromatic heterocycles. The number of pyridine rings is 1. The summed E-state index contributed by atoms with van der Waals surface area (Å²) in [6.45, 7) is 3.78. The van der Waals surface area contributed by atoms with Crippen LogP contribution in [0.5, 0.6) is 11.5 Å². The van der Waals surface area contributed by atoms with Crippen LogP contribution in [0.1, 0.15) is 25.0 Å². The van der Waals surface area contributed by atoms with Crippen molar-refractivity contribution in [2.75, 3.05) is 12.8 Å². The molecule has 7 nitrogen and oxygen atoms in total. The largest absolute Gasteiger partial charge is 0.493 e. The summed E-state index contributed by atoms with van der Waals surface area (Å²) in [5.74, 6) is 0.900. The van der Waals surface area contributed by atoms with Crippen LogP contribution in [0.4, 0.5) is 5.82 Å². The number of hydrogen-bond donors (Lipinski definition) is 2. The van der Waals surface area contributed by atoms with Crippen LogP contribution in [0, 0.1) is 26.2 Å². The molecule has 3 N–H and O–H groups in total. The van der Waals surface area contributed by atoms with E-state index in [2.05, 4.69) is 27.6 Å². The maximum Gasteiger partial charge on any atom is 0.268 e. The second-order valence-corrected chi connectivity index (χ2v) is 6.53. The minimum Gasteiger partial charge on any atom is -0.493 e. The maximum atomic E-state index is 12.1. The number of H-pyrrole nitrogens is 1. The van der Waals surface area contributed by atoms with Crippen LogP contribution in [-0.2, 0) is 0 Å².